The number of methoxy groups -OCH3 is 3. The van der Waals surface area contributed by atoms with Gasteiger partial charge in [0, 0.05) is 12.1 Å². The summed E-state index contributed by atoms with van der Waals surface area (Å²) in [6.45, 7) is 3.96. The van der Waals surface area contributed by atoms with Crippen LogP contribution in [0.3, 0.4) is 0 Å². The van der Waals surface area contributed by atoms with Gasteiger partial charge in [-0.1, -0.05) is 18.2 Å². The van der Waals surface area contributed by atoms with E-state index in [0.717, 1.165) is 16.7 Å². The van der Waals surface area contributed by atoms with Crippen molar-refractivity contribution in [2.75, 3.05) is 21.3 Å². The van der Waals surface area contributed by atoms with E-state index in [1.165, 1.54) is 0 Å². The first kappa shape index (κ1) is 16.2. The number of ether oxygens (including phenoxy) is 3. The highest BCUT2D eigenvalue weighted by molar-refractivity contribution is 5.55. The predicted octanol–water partition coefficient (Wildman–Crippen LogP) is 3.41. The lowest BCUT2D eigenvalue weighted by Gasteiger charge is -2.22. The van der Waals surface area contributed by atoms with E-state index in [1.807, 2.05) is 32.0 Å². The molecule has 0 aromatic heterocycles. The van der Waals surface area contributed by atoms with Crippen molar-refractivity contribution in [3.63, 3.8) is 0 Å². The van der Waals surface area contributed by atoms with E-state index in [0.29, 0.717) is 22.8 Å². The summed E-state index contributed by atoms with van der Waals surface area (Å²) in [7, 11) is 4.71. The van der Waals surface area contributed by atoms with Gasteiger partial charge >= 0.3 is 0 Å². The second-order valence-electron chi connectivity index (χ2n) is 5.15. The highest BCUT2D eigenvalue weighted by Gasteiger charge is 2.24. The van der Waals surface area contributed by atoms with Crippen molar-refractivity contribution in [2.45, 2.75) is 20.0 Å². The van der Waals surface area contributed by atoms with Gasteiger partial charge in [-0.25, -0.2) is 0 Å². The van der Waals surface area contributed by atoms with E-state index < -0.39 is 6.10 Å². The van der Waals surface area contributed by atoms with Crippen molar-refractivity contribution in [1.82, 2.24) is 0 Å². The maximum atomic E-state index is 10.9. The van der Waals surface area contributed by atoms with E-state index in [-0.39, 0.29) is 0 Å². The molecule has 0 aliphatic heterocycles. The summed E-state index contributed by atoms with van der Waals surface area (Å²) in [4.78, 5) is 0. The minimum Gasteiger partial charge on any atom is -0.496 e. The van der Waals surface area contributed by atoms with Gasteiger partial charge in [0.05, 0.1) is 26.9 Å². The zero-order chi connectivity index (χ0) is 16.3. The number of aryl methyl sites for hydroxylation is 2. The monoisotopic (exact) mass is 302 g/mol. The fraction of sp³-hybridized carbons (Fsp3) is 0.333. The largest absolute Gasteiger partial charge is 0.496 e. The quantitative estimate of drug-likeness (QED) is 0.919. The summed E-state index contributed by atoms with van der Waals surface area (Å²) in [5.74, 6) is 1.68. The van der Waals surface area contributed by atoms with Crippen LogP contribution in [0.15, 0.2) is 30.3 Å². The Morgan fingerprint density at radius 3 is 1.73 bits per heavy atom. The summed E-state index contributed by atoms with van der Waals surface area (Å²) in [6.07, 6.45) is -0.836. The molecular formula is C18H22O4. The molecule has 0 saturated heterocycles. The highest BCUT2D eigenvalue weighted by atomic mass is 16.5. The Kier molecular flexibility index (Phi) is 4.93. The van der Waals surface area contributed by atoms with Crippen molar-refractivity contribution >= 4 is 0 Å². The standard InChI is InChI=1S/C18H22O4/c1-11-7-6-8-12(2)16(11)18(19)17-14(21-4)9-13(20-3)10-15(17)22-5/h6-10,18-19H,1-5H3. The fourth-order valence-electron chi connectivity index (χ4n) is 2.71. The van der Waals surface area contributed by atoms with Gasteiger partial charge in [0.15, 0.2) is 0 Å². The number of rotatable bonds is 5. The Bertz CT molecular complexity index is 619. The molecule has 22 heavy (non-hydrogen) atoms. The first-order valence-corrected chi connectivity index (χ1v) is 7.07. The maximum absolute atomic E-state index is 10.9. The summed E-state index contributed by atoms with van der Waals surface area (Å²) in [5, 5.41) is 10.9. The van der Waals surface area contributed by atoms with Crippen molar-refractivity contribution in [3.05, 3.63) is 52.6 Å². The van der Waals surface area contributed by atoms with Crippen LogP contribution in [0.1, 0.15) is 28.4 Å². The van der Waals surface area contributed by atoms with Crippen LogP contribution in [0, 0.1) is 13.8 Å². The van der Waals surface area contributed by atoms with Gasteiger partial charge in [-0.15, -0.1) is 0 Å². The second kappa shape index (κ2) is 6.71. The molecule has 118 valence electrons. The summed E-state index contributed by atoms with van der Waals surface area (Å²) in [5.41, 5.74) is 3.51. The zero-order valence-electron chi connectivity index (χ0n) is 13.6. The third-order valence-electron chi connectivity index (χ3n) is 3.84. The van der Waals surface area contributed by atoms with Crippen LogP contribution in [-0.2, 0) is 0 Å². The molecule has 4 heteroatoms. The molecule has 0 amide bonds. The van der Waals surface area contributed by atoms with Crippen LogP contribution in [-0.4, -0.2) is 26.4 Å². The molecule has 0 heterocycles. The van der Waals surface area contributed by atoms with Gasteiger partial charge in [0.25, 0.3) is 0 Å². The normalized spacial score (nSPS) is 11.9. The van der Waals surface area contributed by atoms with Crippen LogP contribution >= 0.6 is 0 Å². The van der Waals surface area contributed by atoms with Crippen molar-refractivity contribution in [1.29, 1.82) is 0 Å². The molecule has 4 nitrogen and oxygen atoms in total. The van der Waals surface area contributed by atoms with Gasteiger partial charge in [0.2, 0.25) is 0 Å². The molecule has 0 fully saturated rings. The first-order chi connectivity index (χ1) is 10.5. The van der Waals surface area contributed by atoms with E-state index in [1.54, 1.807) is 33.5 Å². The molecular weight excluding hydrogens is 280 g/mol. The highest BCUT2D eigenvalue weighted by Crippen LogP contribution is 2.42. The molecule has 1 N–H and O–H groups in total. The minimum absolute atomic E-state index is 0.534. The molecule has 1 unspecified atom stereocenters. The Labute approximate surface area is 131 Å². The summed E-state index contributed by atoms with van der Waals surface area (Å²) >= 11 is 0. The summed E-state index contributed by atoms with van der Waals surface area (Å²) < 4.78 is 16.1. The third kappa shape index (κ3) is 2.88. The molecule has 0 aliphatic carbocycles. The first-order valence-electron chi connectivity index (χ1n) is 7.07. The molecule has 2 aromatic rings. The zero-order valence-corrected chi connectivity index (χ0v) is 13.6. The van der Waals surface area contributed by atoms with Crippen LogP contribution < -0.4 is 14.2 Å². The molecule has 0 aliphatic rings. The lowest BCUT2D eigenvalue weighted by molar-refractivity contribution is 0.207. The maximum Gasteiger partial charge on any atom is 0.132 e. The number of benzene rings is 2. The molecule has 0 radical (unpaired) electrons. The number of aliphatic hydroxyl groups is 1. The number of aliphatic hydroxyl groups excluding tert-OH is 1. The second-order valence-corrected chi connectivity index (χ2v) is 5.15. The Morgan fingerprint density at radius 1 is 0.818 bits per heavy atom. The van der Waals surface area contributed by atoms with Crippen molar-refractivity contribution in [2.24, 2.45) is 0 Å². The summed E-state index contributed by atoms with van der Waals surface area (Å²) in [6, 6.07) is 9.43. The van der Waals surface area contributed by atoms with Crippen molar-refractivity contribution in [3.8, 4) is 17.2 Å². The predicted molar refractivity (Wildman–Crippen MR) is 86.1 cm³/mol. The van der Waals surface area contributed by atoms with Crippen LogP contribution in [0.5, 0.6) is 17.2 Å². The smallest absolute Gasteiger partial charge is 0.132 e. The topological polar surface area (TPSA) is 47.9 Å². The average molecular weight is 302 g/mol. The van der Waals surface area contributed by atoms with E-state index in [4.69, 9.17) is 14.2 Å². The molecule has 2 rings (SSSR count). The van der Waals surface area contributed by atoms with Gasteiger partial charge in [0.1, 0.15) is 23.4 Å². The van der Waals surface area contributed by atoms with Crippen LogP contribution in [0.25, 0.3) is 0 Å². The molecule has 1 atom stereocenters. The lowest BCUT2D eigenvalue weighted by atomic mass is 9.92. The Balaban J connectivity index is 2.65. The van der Waals surface area contributed by atoms with Gasteiger partial charge in [-0.3, -0.25) is 0 Å². The van der Waals surface area contributed by atoms with E-state index in [2.05, 4.69) is 0 Å². The van der Waals surface area contributed by atoms with E-state index in [9.17, 15) is 5.11 Å². The molecule has 0 bridgehead atoms. The lowest BCUT2D eigenvalue weighted by Crippen LogP contribution is -2.08. The Hall–Kier alpha value is -2.20. The minimum atomic E-state index is -0.836. The van der Waals surface area contributed by atoms with Crippen molar-refractivity contribution < 1.29 is 19.3 Å². The van der Waals surface area contributed by atoms with Gasteiger partial charge < -0.3 is 19.3 Å². The molecule has 0 saturated carbocycles. The van der Waals surface area contributed by atoms with Crippen LogP contribution in [0.4, 0.5) is 0 Å². The fourth-order valence-corrected chi connectivity index (χ4v) is 2.71. The van der Waals surface area contributed by atoms with E-state index >= 15 is 0 Å². The number of hydrogen-bond donors (Lipinski definition) is 1. The third-order valence-corrected chi connectivity index (χ3v) is 3.84. The average Bonchev–Trinajstić information content (AvgIpc) is 2.52. The molecule has 2 aromatic carbocycles. The van der Waals surface area contributed by atoms with Crippen LogP contribution in [0.2, 0.25) is 0 Å². The number of hydrogen-bond acceptors (Lipinski definition) is 4. The Morgan fingerprint density at radius 2 is 1.32 bits per heavy atom. The van der Waals surface area contributed by atoms with Gasteiger partial charge in [-0.2, -0.15) is 0 Å². The molecule has 0 spiro atoms. The van der Waals surface area contributed by atoms with Gasteiger partial charge in [-0.05, 0) is 30.5 Å². The SMILES string of the molecule is COc1cc(OC)c(C(O)c2c(C)cccc2C)c(OC)c1.